The van der Waals surface area contributed by atoms with Gasteiger partial charge in [0.15, 0.2) is 5.65 Å². The summed E-state index contributed by atoms with van der Waals surface area (Å²) in [4.78, 5) is 2.22. The second kappa shape index (κ2) is 7.29. The zero-order chi connectivity index (χ0) is 22.6. The molecule has 0 radical (unpaired) electrons. The minimum absolute atomic E-state index is 0.254. The standard InChI is InChI=1S/C25H24N8/c1-18-27-28-24-9-8-21-23(33(18)24)14-22(31(21)15-19-6-4-3-5-7-19)20-10-13-32(29-20)25(11-12-26)16-30(2)17-25/h3-10,13-14H,11,15-17H2,1-2H3. The molecular weight excluding hydrogens is 412 g/mol. The fourth-order valence-corrected chi connectivity index (χ4v) is 5.16. The van der Waals surface area contributed by atoms with Crippen molar-refractivity contribution in [2.24, 2.45) is 0 Å². The predicted octanol–water partition coefficient (Wildman–Crippen LogP) is 3.46. The van der Waals surface area contributed by atoms with Crippen LogP contribution in [0.1, 0.15) is 17.8 Å². The Hall–Kier alpha value is -3.96. The van der Waals surface area contributed by atoms with Crippen LogP contribution < -0.4 is 0 Å². The Morgan fingerprint density at radius 2 is 1.85 bits per heavy atom. The summed E-state index contributed by atoms with van der Waals surface area (Å²) in [5, 5.41) is 23.0. The number of hydrogen-bond donors (Lipinski definition) is 0. The number of likely N-dealkylation sites (tertiary alicyclic amines) is 1. The number of rotatable bonds is 5. The van der Waals surface area contributed by atoms with Crippen molar-refractivity contribution in [2.45, 2.75) is 25.4 Å². The maximum Gasteiger partial charge on any atom is 0.161 e. The molecular formula is C25H24N8. The van der Waals surface area contributed by atoms with E-state index in [0.717, 1.165) is 53.5 Å². The number of nitriles is 1. The lowest BCUT2D eigenvalue weighted by atomic mass is 9.87. The van der Waals surface area contributed by atoms with E-state index in [0.29, 0.717) is 6.42 Å². The summed E-state index contributed by atoms with van der Waals surface area (Å²) in [6.45, 7) is 4.36. The number of nitrogens with zero attached hydrogens (tertiary/aromatic N) is 8. The summed E-state index contributed by atoms with van der Waals surface area (Å²) in [6.07, 6.45) is 2.47. The topological polar surface area (TPSA) is 80.0 Å². The van der Waals surface area contributed by atoms with E-state index in [4.69, 9.17) is 5.10 Å². The predicted molar refractivity (Wildman–Crippen MR) is 126 cm³/mol. The van der Waals surface area contributed by atoms with Gasteiger partial charge in [0.2, 0.25) is 0 Å². The average molecular weight is 437 g/mol. The summed E-state index contributed by atoms with van der Waals surface area (Å²) >= 11 is 0. The van der Waals surface area contributed by atoms with Crippen molar-refractivity contribution < 1.29 is 0 Å². The van der Waals surface area contributed by atoms with Gasteiger partial charge in [-0.25, -0.2) is 0 Å². The van der Waals surface area contributed by atoms with Gasteiger partial charge < -0.3 is 9.47 Å². The number of aryl methyl sites for hydroxylation is 1. The molecule has 164 valence electrons. The highest BCUT2D eigenvalue weighted by Gasteiger charge is 2.43. The molecule has 1 aliphatic heterocycles. The molecule has 1 aromatic carbocycles. The molecule has 1 fully saturated rings. The Kier molecular flexibility index (Phi) is 4.35. The fourth-order valence-electron chi connectivity index (χ4n) is 5.16. The Labute approximate surface area is 191 Å². The third kappa shape index (κ3) is 3.04. The zero-order valence-corrected chi connectivity index (χ0v) is 18.7. The second-order valence-corrected chi connectivity index (χ2v) is 9.02. The van der Waals surface area contributed by atoms with E-state index < -0.39 is 0 Å². The van der Waals surface area contributed by atoms with Crippen molar-refractivity contribution in [2.75, 3.05) is 20.1 Å². The van der Waals surface area contributed by atoms with E-state index >= 15 is 0 Å². The Morgan fingerprint density at radius 1 is 1.03 bits per heavy atom. The number of pyridine rings is 1. The average Bonchev–Trinajstić information content (AvgIpc) is 3.51. The van der Waals surface area contributed by atoms with Crippen molar-refractivity contribution in [3.63, 3.8) is 0 Å². The molecule has 0 saturated carbocycles. The van der Waals surface area contributed by atoms with E-state index in [-0.39, 0.29) is 5.54 Å². The fraction of sp³-hybridized carbons (Fsp3) is 0.280. The molecule has 0 amide bonds. The molecule has 33 heavy (non-hydrogen) atoms. The molecule has 4 aromatic heterocycles. The number of benzene rings is 1. The molecule has 5 heterocycles. The summed E-state index contributed by atoms with van der Waals surface area (Å²) in [5.74, 6) is 0.856. The van der Waals surface area contributed by atoms with E-state index in [1.165, 1.54) is 5.56 Å². The van der Waals surface area contributed by atoms with Gasteiger partial charge in [-0.2, -0.15) is 10.4 Å². The minimum Gasteiger partial charge on any atom is -0.333 e. The highest BCUT2D eigenvalue weighted by atomic mass is 15.4. The van der Waals surface area contributed by atoms with Crippen LogP contribution in [0.2, 0.25) is 0 Å². The van der Waals surface area contributed by atoms with Crippen molar-refractivity contribution in [1.29, 1.82) is 5.26 Å². The van der Waals surface area contributed by atoms with Gasteiger partial charge in [0.25, 0.3) is 0 Å². The maximum absolute atomic E-state index is 9.42. The van der Waals surface area contributed by atoms with Crippen molar-refractivity contribution >= 4 is 16.7 Å². The van der Waals surface area contributed by atoms with Crippen LogP contribution in [0.25, 0.3) is 28.1 Å². The van der Waals surface area contributed by atoms with Gasteiger partial charge in [0, 0.05) is 25.8 Å². The Balaban J connectivity index is 1.53. The van der Waals surface area contributed by atoms with E-state index in [9.17, 15) is 5.26 Å². The van der Waals surface area contributed by atoms with Gasteiger partial charge in [-0.1, -0.05) is 30.3 Å². The summed E-state index contributed by atoms with van der Waals surface area (Å²) in [5.41, 5.74) is 5.90. The molecule has 0 unspecified atom stereocenters. The molecule has 1 aliphatic rings. The molecule has 0 aliphatic carbocycles. The molecule has 0 bridgehead atoms. The third-order valence-electron chi connectivity index (χ3n) is 6.66. The van der Waals surface area contributed by atoms with Crippen molar-refractivity contribution in [1.82, 2.24) is 33.8 Å². The first-order valence-electron chi connectivity index (χ1n) is 11.1. The van der Waals surface area contributed by atoms with Crippen LogP contribution in [0.5, 0.6) is 0 Å². The van der Waals surface area contributed by atoms with Crippen LogP contribution in [0.3, 0.4) is 0 Å². The third-order valence-corrected chi connectivity index (χ3v) is 6.66. The highest BCUT2D eigenvalue weighted by molar-refractivity contribution is 5.86. The van der Waals surface area contributed by atoms with Gasteiger partial charge in [-0.3, -0.25) is 9.08 Å². The van der Waals surface area contributed by atoms with Crippen molar-refractivity contribution in [3.8, 4) is 17.5 Å². The lowest BCUT2D eigenvalue weighted by Crippen LogP contribution is -2.61. The quantitative estimate of drug-likeness (QED) is 0.422. The summed E-state index contributed by atoms with van der Waals surface area (Å²) in [6, 6.07) is 21.2. The normalized spacial score (nSPS) is 15.7. The minimum atomic E-state index is -0.254. The van der Waals surface area contributed by atoms with Crippen LogP contribution in [0, 0.1) is 18.3 Å². The van der Waals surface area contributed by atoms with E-state index in [1.54, 1.807) is 0 Å². The number of fused-ring (bicyclic) bond motifs is 3. The molecule has 8 nitrogen and oxygen atoms in total. The Bertz CT molecular complexity index is 1510. The van der Waals surface area contributed by atoms with Crippen LogP contribution in [-0.2, 0) is 12.1 Å². The molecule has 5 aromatic rings. The van der Waals surface area contributed by atoms with Gasteiger partial charge in [0.05, 0.1) is 29.2 Å². The van der Waals surface area contributed by atoms with E-state index in [2.05, 4.69) is 79.6 Å². The van der Waals surface area contributed by atoms with Crippen LogP contribution in [0.4, 0.5) is 0 Å². The lowest BCUT2D eigenvalue weighted by molar-refractivity contribution is 0.0267. The maximum atomic E-state index is 9.42. The SMILES string of the molecule is Cc1nnc2ccc3c(cc(-c4ccn(C5(CC#N)CN(C)C5)n4)n3Cc3ccccc3)n12. The smallest absolute Gasteiger partial charge is 0.161 e. The van der Waals surface area contributed by atoms with Crippen LogP contribution in [0.15, 0.2) is 60.8 Å². The first kappa shape index (κ1) is 19.7. The number of aromatic nitrogens is 6. The largest absolute Gasteiger partial charge is 0.333 e. The van der Waals surface area contributed by atoms with Gasteiger partial charge in [0.1, 0.15) is 17.1 Å². The highest BCUT2D eigenvalue weighted by Crippen LogP contribution is 2.34. The summed E-state index contributed by atoms with van der Waals surface area (Å²) in [7, 11) is 2.07. The Morgan fingerprint density at radius 3 is 2.61 bits per heavy atom. The molecule has 1 saturated heterocycles. The monoisotopic (exact) mass is 436 g/mol. The van der Waals surface area contributed by atoms with Crippen LogP contribution >= 0.6 is 0 Å². The molecule has 0 spiro atoms. The number of hydrogen-bond acceptors (Lipinski definition) is 5. The second-order valence-electron chi connectivity index (χ2n) is 9.02. The van der Waals surface area contributed by atoms with Crippen molar-refractivity contribution in [3.05, 3.63) is 72.2 Å². The first-order chi connectivity index (χ1) is 16.1. The zero-order valence-electron chi connectivity index (χ0n) is 18.7. The number of likely N-dealkylation sites (N-methyl/N-ethyl adjacent to an activating group) is 1. The molecule has 6 rings (SSSR count). The van der Waals surface area contributed by atoms with Crippen LogP contribution in [-0.4, -0.2) is 54.0 Å². The lowest BCUT2D eigenvalue weighted by Gasteiger charge is -2.47. The van der Waals surface area contributed by atoms with Gasteiger partial charge >= 0.3 is 0 Å². The van der Waals surface area contributed by atoms with Gasteiger partial charge in [-0.05, 0) is 43.8 Å². The first-order valence-corrected chi connectivity index (χ1v) is 11.1. The van der Waals surface area contributed by atoms with Gasteiger partial charge in [-0.15, -0.1) is 10.2 Å². The summed E-state index contributed by atoms with van der Waals surface area (Å²) < 4.78 is 6.39. The van der Waals surface area contributed by atoms with E-state index in [1.807, 2.05) is 29.9 Å². The molecule has 8 heteroatoms. The molecule has 0 N–H and O–H groups in total. The molecule has 0 atom stereocenters.